The highest BCUT2D eigenvalue weighted by atomic mass is 32.2. The fourth-order valence-corrected chi connectivity index (χ4v) is 4.62. The van der Waals surface area contributed by atoms with Crippen molar-refractivity contribution in [3.8, 4) is 5.75 Å². The van der Waals surface area contributed by atoms with Crippen LogP contribution in [0.15, 0.2) is 51.5 Å². The lowest BCUT2D eigenvalue weighted by Gasteiger charge is -2.21. The lowest BCUT2D eigenvalue weighted by atomic mass is 10.1. The van der Waals surface area contributed by atoms with Gasteiger partial charge in [-0.25, -0.2) is 12.8 Å². The fourth-order valence-electron chi connectivity index (χ4n) is 3.23. The Hall–Kier alpha value is -3.13. The molecule has 2 N–H and O–H groups in total. The number of hydrogen-bond donors (Lipinski definition) is 2. The van der Waals surface area contributed by atoms with Gasteiger partial charge in [0.2, 0.25) is 9.84 Å². The Morgan fingerprint density at radius 2 is 1.89 bits per heavy atom. The Morgan fingerprint density at radius 1 is 1.15 bits per heavy atom. The molecule has 0 atom stereocenters. The Labute approximate surface area is 154 Å². The number of halogens is 1. The minimum absolute atomic E-state index is 0.0596. The summed E-state index contributed by atoms with van der Waals surface area (Å²) in [7, 11) is -2.35. The highest BCUT2D eigenvalue weighted by molar-refractivity contribution is 7.94. The number of nitrogens with one attached hydrogen (secondary N) is 1. The predicted octanol–water partition coefficient (Wildman–Crippen LogP) is 2.89. The van der Waals surface area contributed by atoms with Gasteiger partial charge >= 0.3 is 0 Å². The molecule has 0 radical (unpaired) electrons. The van der Waals surface area contributed by atoms with Crippen molar-refractivity contribution in [3.63, 3.8) is 0 Å². The third-order valence-electron chi connectivity index (χ3n) is 4.59. The first-order chi connectivity index (χ1) is 12.7. The standard InChI is InChI=1S/C19H15FN2O4S/c1-10-3-5-13-16(7-10)27(25,26)9-14(21-13)17-18(23)12-8-11(20)4-6-15(12)22(2)19(17)24/h3-9,21,23H,1-2H3. The van der Waals surface area contributed by atoms with E-state index in [0.717, 1.165) is 17.0 Å². The average Bonchev–Trinajstić information content (AvgIpc) is 2.60. The Morgan fingerprint density at radius 3 is 2.63 bits per heavy atom. The van der Waals surface area contributed by atoms with Crippen LogP contribution >= 0.6 is 0 Å². The summed E-state index contributed by atoms with van der Waals surface area (Å²) in [5, 5.41) is 14.6. The molecule has 4 rings (SSSR count). The second kappa shape index (κ2) is 5.68. The Kier molecular flexibility index (Phi) is 3.64. The van der Waals surface area contributed by atoms with E-state index in [9.17, 15) is 22.7 Å². The molecule has 0 aliphatic carbocycles. The van der Waals surface area contributed by atoms with Gasteiger partial charge in [0.05, 0.1) is 27.2 Å². The summed E-state index contributed by atoms with van der Waals surface area (Å²) >= 11 is 0. The summed E-state index contributed by atoms with van der Waals surface area (Å²) in [5.74, 6) is -1.06. The summed E-state index contributed by atoms with van der Waals surface area (Å²) in [6.07, 6.45) is 0. The van der Waals surface area contributed by atoms with Gasteiger partial charge in [-0.3, -0.25) is 4.79 Å². The van der Waals surface area contributed by atoms with Gasteiger partial charge in [-0.1, -0.05) is 6.07 Å². The van der Waals surface area contributed by atoms with E-state index in [1.54, 1.807) is 19.1 Å². The number of rotatable bonds is 1. The number of sulfone groups is 1. The first kappa shape index (κ1) is 17.3. The van der Waals surface area contributed by atoms with Crippen molar-refractivity contribution in [1.82, 2.24) is 4.57 Å². The summed E-state index contributed by atoms with van der Waals surface area (Å²) in [5.41, 5.74) is 0.518. The largest absolute Gasteiger partial charge is 0.506 e. The third-order valence-corrected chi connectivity index (χ3v) is 6.08. The molecule has 0 fully saturated rings. The summed E-state index contributed by atoms with van der Waals surface area (Å²) < 4.78 is 40.2. The molecule has 0 amide bonds. The first-order valence-electron chi connectivity index (χ1n) is 8.05. The van der Waals surface area contributed by atoms with E-state index >= 15 is 0 Å². The summed E-state index contributed by atoms with van der Waals surface area (Å²) in [6, 6.07) is 8.52. The van der Waals surface area contributed by atoms with Crippen LogP contribution < -0.4 is 10.9 Å². The molecule has 2 heterocycles. The van der Waals surface area contributed by atoms with E-state index in [-0.39, 0.29) is 21.5 Å². The number of fused-ring (bicyclic) bond motifs is 2. The van der Waals surface area contributed by atoms with Crippen LogP contribution in [-0.4, -0.2) is 18.1 Å². The molecule has 0 spiro atoms. The van der Waals surface area contributed by atoms with E-state index in [2.05, 4.69) is 5.32 Å². The number of hydrogen-bond acceptors (Lipinski definition) is 5. The molecule has 0 unspecified atom stereocenters. The molecule has 3 aromatic rings. The van der Waals surface area contributed by atoms with E-state index in [0.29, 0.717) is 11.2 Å². The molecular weight excluding hydrogens is 371 g/mol. The number of anilines is 1. The quantitative estimate of drug-likeness (QED) is 0.671. The van der Waals surface area contributed by atoms with Crippen LogP contribution in [0.3, 0.4) is 0 Å². The molecular formula is C19H15FN2O4S. The number of nitrogens with zero attached hydrogens (tertiary/aromatic N) is 1. The minimum Gasteiger partial charge on any atom is -0.506 e. The van der Waals surface area contributed by atoms with Crippen molar-refractivity contribution < 1.29 is 17.9 Å². The lowest BCUT2D eigenvalue weighted by Crippen LogP contribution is -2.25. The van der Waals surface area contributed by atoms with Gasteiger partial charge in [-0.05, 0) is 42.8 Å². The van der Waals surface area contributed by atoms with E-state index in [1.807, 2.05) is 0 Å². The van der Waals surface area contributed by atoms with Crippen molar-refractivity contribution >= 4 is 32.1 Å². The van der Waals surface area contributed by atoms with Gasteiger partial charge in [0.15, 0.2) is 0 Å². The Bertz CT molecular complexity index is 1320. The molecule has 2 aromatic carbocycles. The van der Waals surface area contributed by atoms with Crippen molar-refractivity contribution in [2.45, 2.75) is 11.8 Å². The maximum atomic E-state index is 13.7. The van der Waals surface area contributed by atoms with E-state index in [1.165, 1.54) is 29.8 Å². The first-order valence-corrected chi connectivity index (χ1v) is 9.60. The van der Waals surface area contributed by atoms with Crippen LogP contribution in [0.1, 0.15) is 11.1 Å². The predicted molar refractivity (Wildman–Crippen MR) is 101 cm³/mol. The van der Waals surface area contributed by atoms with Gasteiger partial charge in [-0.15, -0.1) is 0 Å². The van der Waals surface area contributed by atoms with Crippen LogP contribution in [0.4, 0.5) is 10.1 Å². The average molecular weight is 386 g/mol. The zero-order chi connectivity index (χ0) is 19.5. The number of aromatic nitrogens is 1. The number of aryl methyl sites for hydroxylation is 2. The number of benzene rings is 2. The lowest BCUT2D eigenvalue weighted by molar-refractivity contribution is 0.477. The van der Waals surface area contributed by atoms with Gasteiger partial charge in [0.1, 0.15) is 17.1 Å². The van der Waals surface area contributed by atoms with Gasteiger partial charge in [-0.2, -0.15) is 0 Å². The van der Waals surface area contributed by atoms with Crippen molar-refractivity contribution in [2.75, 3.05) is 5.32 Å². The zero-order valence-electron chi connectivity index (χ0n) is 14.4. The maximum absolute atomic E-state index is 13.7. The molecule has 1 aliphatic rings. The van der Waals surface area contributed by atoms with Crippen LogP contribution in [0.5, 0.6) is 5.75 Å². The van der Waals surface area contributed by atoms with Gasteiger partial charge in [0.25, 0.3) is 5.56 Å². The molecule has 27 heavy (non-hydrogen) atoms. The van der Waals surface area contributed by atoms with Crippen LogP contribution in [0, 0.1) is 12.7 Å². The Balaban J connectivity index is 2.03. The normalized spacial score (nSPS) is 15.1. The second-order valence-electron chi connectivity index (χ2n) is 6.45. The molecule has 0 bridgehead atoms. The highest BCUT2D eigenvalue weighted by Crippen LogP contribution is 2.37. The van der Waals surface area contributed by atoms with Crippen LogP contribution in [0.2, 0.25) is 0 Å². The number of pyridine rings is 1. The third kappa shape index (κ3) is 2.60. The maximum Gasteiger partial charge on any atom is 0.263 e. The second-order valence-corrected chi connectivity index (χ2v) is 8.22. The molecule has 0 saturated heterocycles. The fraction of sp³-hybridized carbons (Fsp3) is 0.105. The van der Waals surface area contributed by atoms with Crippen LogP contribution in [-0.2, 0) is 16.9 Å². The molecule has 0 saturated carbocycles. The molecule has 138 valence electrons. The molecule has 8 heteroatoms. The monoisotopic (exact) mass is 386 g/mol. The topological polar surface area (TPSA) is 88.4 Å². The molecule has 6 nitrogen and oxygen atoms in total. The zero-order valence-corrected chi connectivity index (χ0v) is 15.3. The van der Waals surface area contributed by atoms with Crippen molar-refractivity contribution in [1.29, 1.82) is 0 Å². The summed E-state index contributed by atoms with van der Waals surface area (Å²) in [6.45, 7) is 1.77. The van der Waals surface area contributed by atoms with E-state index in [4.69, 9.17) is 0 Å². The van der Waals surface area contributed by atoms with Gasteiger partial charge in [0, 0.05) is 12.4 Å². The summed E-state index contributed by atoms with van der Waals surface area (Å²) in [4.78, 5) is 12.9. The van der Waals surface area contributed by atoms with E-state index < -0.39 is 27.0 Å². The highest BCUT2D eigenvalue weighted by Gasteiger charge is 2.28. The molecule has 1 aromatic heterocycles. The smallest absolute Gasteiger partial charge is 0.263 e. The van der Waals surface area contributed by atoms with Crippen LogP contribution in [0.25, 0.3) is 16.6 Å². The van der Waals surface area contributed by atoms with Gasteiger partial charge < -0.3 is 15.0 Å². The van der Waals surface area contributed by atoms with Crippen molar-refractivity contribution in [3.05, 3.63) is 69.1 Å². The SMILES string of the molecule is Cc1ccc2c(c1)S(=O)(=O)C=C(c1c(O)c3cc(F)ccc3n(C)c1=O)N2. The number of aromatic hydroxyl groups is 1. The molecule has 1 aliphatic heterocycles. The van der Waals surface area contributed by atoms with Crippen molar-refractivity contribution in [2.24, 2.45) is 7.05 Å². The minimum atomic E-state index is -3.83.